The summed E-state index contributed by atoms with van der Waals surface area (Å²) in [5, 5.41) is 1.63. The van der Waals surface area contributed by atoms with Gasteiger partial charge in [-0.25, -0.2) is 9.18 Å². The van der Waals surface area contributed by atoms with E-state index >= 15 is 0 Å². The minimum atomic E-state index is -0.630. The molecule has 0 unspecified atom stereocenters. The van der Waals surface area contributed by atoms with E-state index in [2.05, 4.69) is 0 Å². The second-order valence-electron chi connectivity index (χ2n) is 5.11. The summed E-state index contributed by atoms with van der Waals surface area (Å²) in [6.45, 7) is 1.34. The summed E-state index contributed by atoms with van der Waals surface area (Å²) < 4.78 is 18.7. The van der Waals surface area contributed by atoms with E-state index in [0.29, 0.717) is 5.56 Å². The van der Waals surface area contributed by atoms with Crippen LogP contribution in [0.1, 0.15) is 27.6 Å². The maximum Gasteiger partial charge on any atom is 0.344 e. The van der Waals surface area contributed by atoms with Gasteiger partial charge in [-0.05, 0) is 35.9 Å². The van der Waals surface area contributed by atoms with Crippen LogP contribution < -0.4 is 4.74 Å². The van der Waals surface area contributed by atoms with Crippen LogP contribution in [0.4, 0.5) is 4.39 Å². The number of benzene rings is 3. The van der Waals surface area contributed by atoms with Crippen molar-refractivity contribution in [2.24, 2.45) is 0 Å². The third-order valence-electron chi connectivity index (χ3n) is 3.54. The molecule has 0 fully saturated rings. The van der Waals surface area contributed by atoms with Crippen molar-refractivity contribution in [3.05, 3.63) is 77.6 Å². The van der Waals surface area contributed by atoms with Crippen LogP contribution in [0.15, 0.2) is 60.7 Å². The molecule has 3 rings (SSSR count). The molecule has 0 spiro atoms. The second kappa shape index (κ2) is 6.01. The summed E-state index contributed by atoms with van der Waals surface area (Å²) in [6, 6.07) is 16.2. The first-order valence-electron chi connectivity index (χ1n) is 7.06. The number of esters is 1. The number of fused-ring (bicyclic) bond motifs is 1. The molecule has 0 atom stereocenters. The number of carbonyl (C=O) groups excluding carboxylic acids is 2. The maximum atomic E-state index is 13.4. The van der Waals surface area contributed by atoms with Crippen molar-refractivity contribution in [3.63, 3.8) is 0 Å². The van der Waals surface area contributed by atoms with E-state index in [1.165, 1.54) is 13.0 Å². The number of halogens is 1. The largest absolute Gasteiger partial charge is 0.422 e. The first-order chi connectivity index (χ1) is 11.1. The SMILES string of the molecule is CC(=O)c1ccc(F)cc1OC(=O)c1cccc2ccccc12. The topological polar surface area (TPSA) is 43.4 Å². The molecule has 3 aromatic carbocycles. The Morgan fingerprint density at radius 1 is 0.913 bits per heavy atom. The number of Topliss-reactive ketones (excluding diaryl/α,β-unsaturated/α-hetero) is 1. The third kappa shape index (κ3) is 2.97. The molecule has 0 bridgehead atoms. The van der Waals surface area contributed by atoms with Gasteiger partial charge in [0.25, 0.3) is 0 Å². The van der Waals surface area contributed by atoms with Crippen molar-refractivity contribution in [2.45, 2.75) is 6.92 Å². The van der Waals surface area contributed by atoms with E-state index in [9.17, 15) is 14.0 Å². The molecule has 3 aromatic rings. The Balaban J connectivity index is 2.02. The molecule has 0 heterocycles. The number of hydrogen-bond donors (Lipinski definition) is 0. The third-order valence-corrected chi connectivity index (χ3v) is 3.54. The molecule has 0 aromatic heterocycles. The summed E-state index contributed by atoms with van der Waals surface area (Å²) in [6.07, 6.45) is 0. The van der Waals surface area contributed by atoms with Crippen LogP contribution in [0.25, 0.3) is 10.8 Å². The molecule has 0 saturated carbocycles. The van der Waals surface area contributed by atoms with Gasteiger partial charge in [-0.2, -0.15) is 0 Å². The monoisotopic (exact) mass is 308 g/mol. The van der Waals surface area contributed by atoms with Gasteiger partial charge in [-0.15, -0.1) is 0 Å². The molecular formula is C19H13FO3. The molecule has 114 valence electrons. The predicted octanol–water partition coefficient (Wildman–Crippen LogP) is 4.40. The van der Waals surface area contributed by atoms with Crippen molar-refractivity contribution in [3.8, 4) is 5.75 Å². The van der Waals surface area contributed by atoms with Crippen LogP contribution in [0.5, 0.6) is 5.75 Å². The van der Waals surface area contributed by atoms with Crippen LogP contribution in [0.3, 0.4) is 0 Å². The van der Waals surface area contributed by atoms with Crippen molar-refractivity contribution in [2.75, 3.05) is 0 Å². The number of ether oxygens (including phenoxy) is 1. The van der Waals surface area contributed by atoms with Gasteiger partial charge in [-0.1, -0.05) is 36.4 Å². The van der Waals surface area contributed by atoms with Crippen LogP contribution in [-0.2, 0) is 0 Å². The molecule has 4 heteroatoms. The lowest BCUT2D eigenvalue weighted by atomic mass is 10.0. The molecule has 0 aliphatic carbocycles. The number of rotatable bonds is 3. The highest BCUT2D eigenvalue weighted by Crippen LogP contribution is 2.24. The van der Waals surface area contributed by atoms with E-state index in [-0.39, 0.29) is 17.1 Å². The number of carbonyl (C=O) groups is 2. The lowest BCUT2D eigenvalue weighted by molar-refractivity contribution is 0.0734. The summed E-state index contributed by atoms with van der Waals surface area (Å²) >= 11 is 0. The highest BCUT2D eigenvalue weighted by molar-refractivity contribution is 6.06. The zero-order valence-corrected chi connectivity index (χ0v) is 12.4. The van der Waals surface area contributed by atoms with E-state index < -0.39 is 11.8 Å². The molecule has 0 aliphatic heterocycles. The average molecular weight is 308 g/mol. The lowest BCUT2D eigenvalue weighted by Gasteiger charge is -2.10. The van der Waals surface area contributed by atoms with Crippen LogP contribution in [0.2, 0.25) is 0 Å². The fraction of sp³-hybridized carbons (Fsp3) is 0.0526. The molecule has 0 aliphatic rings. The Bertz CT molecular complexity index is 910. The lowest BCUT2D eigenvalue weighted by Crippen LogP contribution is -2.11. The summed E-state index contributed by atoms with van der Waals surface area (Å²) in [4.78, 5) is 24.1. The molecular weight excluding hydrogens is 295 g/mol. The van der Waals surface area contributed by atoms with E-state index in [4.69, 9.17) is 4.74 Å². The van der Waals surface area contributed by atoms with Gasteiger partial charge in [-0.3, -0.25) is 4.79 Å². The molecule has 0 amide bonds. The fourth-order valence-electron chi connectivity index (χ4n) is 2.43. The fourth-order valence-corrected chi connectivity index (χ4v) is 2.43. The first kappa shape index (κ1) is 14.9. The standard InChI is InChI=1S/C19H13FO3/c1-12(21)15-10-9-14(20)11-18(15)23-19(22)17-8-4-6-13-5-2-3-7-16(13)17/h2-11H,1H3. The van der Waals surface area contributed by atoms with Gasteiger partial charge < -0.3 is 4.74 Å². The summed E-state index contributed by atoms with van der Waals surface area (Å²) in [5.41, 5.74) is 0.529. The Labute approximate surface area is 132 Å². The molecule has 23 heavy (non-hydrogen) atoms. The summed E-state index contributed by atoms with van der Waals surface area (Å²) in [7, 11) is 0. The first-order valence-corrected chi connectivity index (χ1v) is 7.06. The quantitative estimate of drug-likeness (QED) is 0.409. The normalized spacial score (nSPS) is 10.5. The smallest absolute Gasteiger partial charge is 0.344 e. The van der Waals surface area contributed by atoms with Gasteiger partial charge in [0.1, 0.15) is 11.6 Å². The Morgan fingerprint density at radius 2 is 1.65 bits per heavy atom. The van der Waals surface area contributed by atoms with Crippen molar-refractivity contribution in [1.82, 2.24) is 0 Å². The van der Waals surface area contributed by atoms with Gasteiger partial charge in [0.05, 0.1) is 11.1 Å². The van der Waals surface area contributed by atoms with Gasteiger partial charge in [0.2, 0.25) is 0 Å². The van der Waals surface area contributed by atoms with Gasteiger partial charge in [0.15, 0.2) is 5.78 Å². The average Bonchev–Trinajstić information content (AvgIpc) is 2.54. The zero-order valence-electron chi connectivity index (χ0n) is 12.4. The minimum Gasteiger partial charge on any atom is -0.422 e. The highest BCUT2D eigenvalue weighted by atomic mass is 19.1. The van der Waals surface area contributed by atoms with Crippen molar-refractivity contribution >= 4 is 22.5 Å². The van der Waals surface area contributed by atoms with Crippen molar-refractivity contribution in [1.29, 1.82) is 0 Å². The molecule has 3 nitrogen and oxygen atoms in total. The second-order valence-corrected chi connectivity index (χ2v) is 5.11. The number of hydrogen-bond acceptors (Lipinski definition) is 3. The van der Waals surface area contributed by atoms with Gasteiger partial charge in [0, 0.05) is 6.07 Å². The maximum absolute atomic E-state index is 13.4. The zero-order chi connectivity index (χ0) is 16.4. The summed E-state index contributed by atoms with van der Waals surface area (Å²) in [5.74, 6) is -1.58. The molecule has 0 N–H and O–H groups in total. The van der Waals surface area contributed by atoms with Crippen molar-refractivity contribution < 1.29 is 18.7 Å². The van der Waals surface area contributed by atoms with Gasteiger partial charge >= 0.3 is 5.97 Å². The Morgan fingerprint density at radius 3 is 2.43 bits per heavy atom. The van der Waals surface area contributed by atoms with Crippen LogP contribution >= 0.6 is 0 Å². The van der Waals surface area contributed by atoms with E-state index in [1.807, 2.05) is 30.3 Å². The Kier molecular flexibility index (Phi) is 3.89. The highest BCUT2D eigenvalue weighted by Gasteiger charge is 2.16. The molecule has 0 radical (unpaired) electrons. The van der Waals surface area contributed by atoms with Crippen LogP contribution in [-0.4, -0.2) is 11.8 Å². The molecule has 0 saturated heterocycles. The number of ketones is 1. The van der Waals surface area contributed by atoms with Crippen LogP contribution in [0, 0.1) is 5.82 Å². The minimum absolute atomic E-state index is 0.0737. The predicted molar refractivity (Wildman–Crippen MR) is 85.3 cm³/mol. The van der Waals surface area contributed by atoms with E-state index in [1.54, 1.807) is 12.1 Å². The van der Waals surface area contributed by atoms with E-state index in [0.717, 1.165) is 22.9 Å². The Hall–Kier alpha value is -3.01.